The first-order chi connectivity index (χ1) is 9.01. The molecule has 0 fully saturated rings. The van der Waals surface area contributed by atoms with Crippen LogP contribution in [0.2, 0.25) is 0 Å². The number of esters is 1. The van der Waals surface area contributed by atoms with Gasteiger partial charge in [0.15, 0.2) is 0 Å². The highest BCUT2D eigenvalue weighted by Crippen LogP contribution is 2.38. The number of fused-ring (bicyclic) bond motifs is 1. The van der Waals surface area contributed by atoms with Gasteiger partial charge in [-0.3, -0.25) is 9.59 Å². The highest BCUT2D eigenvalue weighted by Gasteiger charge is 2.29. The molecule has 1 aliphatic rings. The molecule has 0 bridgehead atoms. The Morgan fingerprint density at radius 2 is 2.21 bits per heavy atom. The Hall–Kier alpha value is -1.84. The van der Waals surface area contributed by atoms with E-state index >= 15 is 0 Å². The van der Waals surface area contributed by atoms with Crippen LogP contribution in [0.25, 0.3) is 0 Å². The molecule has 0 N–H and O–H groups in total. The van der Waals surface area contributed by atoms with Crippen LogP contribution in [0.1, 0.15) is 38.2 Å². The lowest BCUT2D eigenvalue weighted by Gasteiger charge is -2.24. The van der Waals surface area contributed by atoms with E-state index in [1.54, 1.807) is 13.2 Å². The minimum Gasteiger partial charge on any atom is -0.497 e. The molecule has 0 radical (unpaired) electrons. The molecule has 4 heteroatoms. The predicted molar refractivity (Wildman–Crippen MR) is 70.4 cm³/mol. The van der Waals surface area contributed by atoms with Gasteiger partial charge in [0.05, 0.1) is 13.5 Å². The topological polar surface area (TPSA) is 52.6 Å². The first-order valence-electron chi connectivity index (χ1n) is 6.42. The SMILES string of the molecule is COc1ccc2c(c1)OC(=O)CC2CC(=O)C(C)C. The van der Waals surface area contributed by atoms with Gasteiger partial charge in [0.1, 0.15) is 17.3 Å². The van der Waals surface area contributed by atoms with Gasteiger partial charge in [-0.1, -0.05) is 19.9 Å². The van der Waals surface area contributed by atoms with E-state index in [2.05, 4.69) is 0 Å². The third-order valence-corrected chi connectivity index (χ3v) is 3.39. The molecule has 19 heavy (non-hydrogen) atoms. The summed E-state index contributed by atoms with van der Waals surface area (Å²) in [7, 11) is 1.56. The molecule has 0 spiro atoms. The maximum atomic E-state index is 11.9. The highest BCUT2D eigenvalue weighted by molar-refractivity contribution is 5.84. The average molecular weight is 262 g/mol. The Morgan fingerprint density at radius 1 is 1.47 bits per heavy atom. The summed E-state index contributed by atoms with van der Waals surface area (Å²) in [6, 6.07) is 5.39. The quantitative estimate of drug-likeness (QED) is 0.618. The Balaban J connectivity index is 2.28. The highest BCUT2D eigenvalue weighted by atomic mass is 16.5. The second-order valence-corrected chi connectivity index (χ2v) is 5.10. The summed E-state index contributed by atoms with van der Waals surface area (Å²) in [6.45, 7) is 3.75. The summed E-state index contributed by atoms with van der Waals surface area (Å²) in [5, 5.41) is 0. The van der Waals surface area contributed by atoms with Crippen molar-refractivity contribution in [1.82, 2.24) is 0 Å². The Morgan fingerprint density at radius 3 is 2.84 bits per heavy atom. The lowest BCUT2D eigenvalue weighted by Crippen LogP contribution is -2.23. The van der Waals surface area contributed by atoms with E-state index in [0.29, 0.717) is 17.9 Å². The van der Waals surface area contributed by atoms with Gasteiger partial charge in [-0.15, -0.1) is 0 Å². The van der Waals surface area contributed by atoms with E-state index in [1.165, 1.54) is 0 Å². The van der Waals surface area contributed by atoms with Gasteiger partial charge in [0, 0.05) is 24.3 Å². The molecule has 1 aliphatic heterocycles. The molecule has 102 valence electrons. The second kappa shape index (κ2) is 5.43. The van der Waals surface area contributed by atoms with Gasteiger partial charge in [0.2, 0.25) is 0 Å². The predicted octanol–water partition coefficient (Wildman–Crippen LogP) is 2.70. The van der Waals surface area contributed by atoms with Crippen LogP contribution in [-0.2, 0) is 9.59 Å². The summed E-state index contributed by atoms with van der Waals surface area (Å²) in [6.07, 6.45) is 0.643. The summed E-state index contributed by atoms with van der Waals surface area (Å²) < 4.78 is 10.3. The fraction of sp³-hybridized carbons (Fsp3) is 0.467. The van der Waals surface area contributed by atoms with Crippen LogP contribution >= 0.6 is 0 Å². The van der Waals surface area contributed by atoms with Crippen LogP contribution < -0.4 is 9.47 Å². The molecular formula is C15H18O4. The van der Waals surface area contributed by atoms with Crippen molar-refractivity contribution in [3.05, 3.63) is 23.8 Å². The van der Waals surface area contributed by atoms with Crippen molar-refractivity contribution >= 4 is 11.8 Å². The normalized spacial score (nSPS) is 17.9. The van der Waals surface area contributed by atoms with Crippen LogP contribution in [0.5, 0.6) is 11.5 Å². The first-order valence-corrected chi connectivity index (χ1v) is 6.42. The van der Waals surface area contributed by atoms with Gasteiger partial charge in [-0.05, 0) is 11.6 Å². The number of hydrogen-bond donors (Lipinski definition) is 0. The third-order valence-electron chi connectivity index (χ3n) is 3.39. The van der Waals surface area contributed by atoms with E-state index in [9.17, 15) is 9.59 Å². The van der Waals surface area contributed by atoms with Crippen molar-refractivity contribution in [3.8, 4) is 11.5 Å². The summed E-state index contributed by atoms with van der Waals surface area (Å²) >= 11 is 0. The molecule has 2 rings (SSSR count). The second-order valence-electron chi connectivity index (χ2n) is 5.10. The minimum absolute atomic E-state index is 0.0142. The fourth-order valence-corrected chi connectivity index (χ4v) is 2.20. The number of methoxy groups -OCH3 is 1. The molecule has 0 saturated heterocycles. The molecule has 0 saturated carbocycles. The van der Waals surface area contributed by atoms with Crippen LogP contribution in [0.4, 0.5) is 0 Å². The van der Waals surface area contributed by atoms with Crippen molar-refractivity contribution in [2.45, 2.75) is 32.6 Å². The van der Waals surface area contributed by atoms with Crippen molar-refractivity contribution in [2.75, 3.05) is 7.11 Å². The van der Waals surface area contributed by atoms with Crippen LogP contribution in [0, 0.1) is 5.92 Å². The minimum atomic E-state index is -0.290. The molecule has 4 nitrogen and oxygen atoms in total. The Labute approximate surface area is 112 Å². The van der Waals surface area contributed by atoms with E-state index in [0.717, 1.165) is 5.56 Å². The van der Waals surface area contributed by atoms with E-state index in [4.69, 9.17) is 9.47 Å². The molecule has 1 aromatic carbocycles. The molecule has 0 amide bonds. The number of ether oxygens (including phenoxy) is 2. The van der Waals surface area contributed by atoms with Gasteiger partial charge < -0.3 is 9.47 Å². The molecular weight excluding hydrogens is 244 g/mol. The van der Waals surface area contributed by atoms with Crippen molar-refractivity contribution < 1.29 is 19.1 Å². The van der Waals surface area contributed by atoms with Gasteiger partial charge in [-0.25, -0.2) is 0 Å². The standard InChI is InChI=1S/C15H18O4/c1-9(2)13(16)6-10-7-15(17)19-14-8-11(18-3)4-5-12(10)14/h4-5,8-10H,6-7H2,1-3H3. The molecule has 1 unspecified atom stereocenters. The van der Waals surface area contributed by atoms with Crippen LogP contribution in [0.3, 0.4) is 0 Å². The van der Waals surface area contributed by atoms with Crippen molar-refractivity contribution in [3.63, 3.8) is 0 Å². The first kappa shape index (κ1) is 13.6. The monoisotopic (exact) mass is 262 g/mol. The van der Waals surface area contributed by atoms with Crippen LogP contribution in [-0.4, -0.2) is 18.9 Å². The number of hydrogen-bond acceptors (Lipinski definition) is 4. The molecule has 0 aliphatic carbocycles. The lowest BCUT2D eigenvalue weighted by atomic mass is 9.86. The number of benzene rings is 1. The van der Waals surface area contributed by atoms with E-state index in [1.807, 2.05) is 26.0 Å². The Bertz CT molecular complexity index is 505. The lowest BCUT2D eigenvalue weighted by molar-refractivity contribution is -0.136. The van der Waals surface area contributed by atoms with Crippen molar-refractivity contribution in [1.29, 1.82) is 0 Å². The van der Waals surface area contributed by atoms with Crippen molar-refractivity contribution in [2.24, 2.45) is 5.92 Å². The zero-order valence-corrected chi connectivity index (χ0v) is 11.4. The molecule has 0 aromatic heterocycles. The Kier molecular flexibility index (Phi) is 3.88. The number of ketones is 1. The molecule has 1 aromatic rings. The number of Topliss-reactive ketones (excluding diaryl/α,β-unsaturated/α-hetero) is 1. The molecule has 1 atom stereocenters. The van der Waals surface area contributed by atoms with Gasteiger partial charge in [-0.2, -0.15) is 0 Å². The third kappa shape index (κ3) is 2.95. The zero-order chi connectivity index (χ0) is 14.0. The van der Waals surface area contributed by atoms with E-state index in [-0.39, 0.29) is 30.0 Å². The number of rotatable bonds is 4. The van der Waals surface area contributed by atoms with Crippen LogP contribution in [0.15, 0.2) is 18.2 Å². The smallest absolute Gasteiger partial charge is 0.311 e. The van der Waals surface area contributed by atoms with E-state index < -0.39 is 0 Å². The summed E-state index contributed by atoms with van der Waals surface area (Å²) in [5.41, 5.74) is 0.911. The number of carbonyl (C=O) groups excluding carboxylic acids is 2. The molecule has 1 heterocycles. The number of carbonyl (C=O) groups is 2. The maximum absolute atomic E-state index is 11.9. The maximum Gasteiger partial charge on any atom is 0.311 e. The zero-order valence-electron chi connectivity index (χ0n) is 11.4. The largest absolute Gasteiger partial charge is 0.497 e. The summed E-state index contributed by atoms with van der Waals surface area (Å²) in [5.74, 6) is 0.931. The summed E-state index contributed by atoms with van der Waals surface area (Å²) in [4.78, 5) is 23.5. The van der Waals surface area contributed by atoms with Gasteiger partial charge in [0.25, 0.3) is 0 Å². The van der Waals surface area contributed by atoms with Gasteiger partial charge >= 0.3 is 5.97 Å². The fourth-order valence-electron chi connectivity index (χ4n) is 2.20. The average Bonchev–Trinajstić information content (AvgIpc) is 2.37.